The first-order valence-corrected chi connectivity index (χ1v) is 6.88. The molecule has 0 aromatic rings. The average molecular weight is 226 g/mol. The molecule has 0 spiro atoms. The summed E-state index contributed by atoms with van der Waals surface area (Å²) < 4.78 is 0. The molecule has 0 aromatic carbocycles. The summed E-state index contributed by atoms with van der Waals surface area (Å²) in [6.45, 7) is 7.45. The normalized spacial score (nSPS) is 31.5. The van der Waals surface area contributed by atoms with Gasteiger partial charge in [0.1, 0.15) is 5.54 Å². The van der Waals surface area contributed by atoms with E-state index in [2.05, 4.69) is 32.2 Å². The zero-order valence-electron chi connectivity index (χ0n) is 10.0. The number of nitriles is 1. The summed E-state index contributed by atoms with van der Waals surface area (Å²) in [7, 11) is 0. The smallest absolute Gasteiger partial charge is 0.107 e. The number of nitrogens with zero attached hydrogens (tertiary/aromatic N) is 1. The molecule has 2 nitrogen and oxygen atoms in total. The molecule has 1 fully saturated rings. The summed E-state index contributed by atoms with van der Waals surface area (Å²) in [5.74, 6) is 0. The minimum Gasteiger partial charge on any atom is -0.300 e. The lowest BCUT2D eigenvalue weighted by Gasteiger charge is -2.36. The van der Waals surface area contributed by atoms with E-state index >= 15 is 0 Å². The summed E-state index contributed by atoms with van der Waals surface area (Å²) in [4.78, 5) is 0. The van der Waals surface area contributed by atoms with Gasteiger partial charge in [-0.3, -0.25) is 5.32 Å². The van der Waals surface area contributed by atoms with E-state index in [4.69, 9.17) is 0 Å². The predicted octanol–water partition coefficient (Wildman–Crippen LogP) is 2.94. The Morgan fingerprint density at radius 3 is 2.87 bits per heavy atom. The Labute approximate surface area is 97.8 Å². The van der Waals surface area contributed by atoms with Gasteiger partial charge in [-0.05, 0) is 37.5 Å². The van der Waals surface area contributed by atoms with E-state index in [1.807, 2.05) is 11.8 Å². The topological polar surface area (TPSA) is 35.8 Å². The lowest BCUT2D eigenvalue weighted by molar-refractivity contribution is 0.309. The molecule has 1 N–H and O–H groups in total. The van der Waals surface area contributed by atoms with E-state index in [0.717, 1.165) is 19.4 Å². The first-order valence-electron chi connectivity index (χ1n) is 5.93. The fourth-order valence-electron chi connectivity index (χ4n) is 2.37. The molecule has 0 radical (unpaired) electrons. The van der Waals surface area contributed by atoms with Gasteiger partial charge in [-0.1, -0.05) is 20.8 Å². The maximum Gasteiger partial charge on any atom is 0.107 e. The molecule has 2 unspecified atom stereocenters. The zero-order valence-corrected chi connectivity index (χ0v) is 10.9. The van der Waals surface area contributed by atoms with Gasteiger partial charge in [-0.25, -0.2) is 0 Å². The first kappa shape index (κ1) is 12.9. The highest BCUT2D eigenvalue weighted by molar-refractivity contribution is 8.00. The molecule has 0 amide bonds. The van der Waals surface area contributed by atoms with Crippen molar-refractivity contribution in [3.63, 3.8) is 0 Å². The van der Waals surface area contributed by atoms with Crippen LogP contribution in [0.5, 0.6) is 0 Å². The lowest BCUT2D eigenvalue weighted by atomic mass is 9.82. The second-order valence-corrected chi connectivity index (χ2v) is 6.51. The van der Waals surface area contributed by atoms with Gasteiger partial charge in [0.15, 0.2) is 0 Å². The van der Waals surface area contributed by atoms with Crippen LogP contribution in [0.2, 0.25) is 0 Å². The van der Waals surface area contributed by atoms with Crippen molar-refractivity contribution in [1.29, 1.82) is 5.26 Å². The van der Waals surface area contributed by atoms with Crippen LogP contribution in [0, 0.1) is 11.3 Å². The molecule has 15 heavy (non-hydrogen) atoms. The number of rotatable bonds is 4. The summed E-state index contributed by atoms with van der Waals surface area (Å²) in [5.41, 5.74) is -0.237. The van der Waals surface area contributed by atoms with Gasteiger partial charge in [0.25, 0.3) is 0 Å². The van der Waals surface area contributed by atoms with Crippen LogP contribution in [-0.4, -0.2) is 22.6 Å². The highest BCUT2D eigenvalue weighted by atomic mass is 32.2. The molecule has 1 rings (SSSR count). The predicted molar refractivity (Wildman–Crippen MR) is 67.0 cm³/mol. The maximum absolute atomic E-state index is 9.30. The van der Waals surface area contributed by atoms with Crippen molar-refractivity contribution in [1.82, 2.24) is 5.32 Å². The van der Waals surface area contributed by atoms with Gasteiger partial charge < -0.3 is 0 Å². The number of hydrogen-bond donors (Lipinski definition) is 1. The molecular weight excluding hydrogens is 204 g/mol. The van der Waals surface area contributed by atoms with E-state index in [1.165, 1.54) is 12.8 Å². The molecule has 0 aliphatic heterocycles. The average Bonchev–Trinajstić information content (AvgIpc) is 2.17. The molecular formula is C12H22N2S. The molecule has 0 bridgehead atoms. The van der Waals surface area contributed by atoms with E-state index in [-0.39, 0.29) is 5.54 Å². The van der Waals surface area contributed by atoms with Crippen molar-refractivity contribution < 1.29 is 0 Å². The lowest BCUT2D eigenvalue weighted by Crippen LogP contribution is -2.48. The summed E-state index contributed by atoms with van der Waals surface area (Å²) in [6.07, 6.45) is 4.50. The molecule has 0 saturated heterocycles. The van der Waals surface area contributed by atoms with E-state index < -0.39 is 0 Å². The minimum absolute atomic E-state index is 0.237. The van der Waals surface area contributed by atoms with Crippen LogP contribution in [0.3, 0.4) is 0 Å². The molecule has 3 heteroatoms. The molecule has 86 valence electrons. The third-order valence-corrected chi connectivity index (χ3v) is 4.23. The van der Waals surface area contributed by atoms with Crippen molar-refractivity contribution in [3.8, 4) is 6.07 Å². The van der Waals surface area contributed by atoms with Crippen molar-refractivity contribution in [2.75, 3.05) is 6.54 Å². The Morgan fingerprint density at radius 1 is 1.60 bits per heavy atom. The summed E-state index contributed by atoms with van der Waals surface area (Å²) in [5, 5.41) is 14.0. The van der Waals surface area contributed by atoms with Crippen LogP contribution < -0.4 is 5.32 Å². The highest BCUT2D eigenvalue weighted by Gasteiger charge is 2.36. The molecule has 1 saturated carbocycles. The minimum atomic E-state index is -0.237. The quantitative estimate of drug-likeness (QED) is 0.800. The van der Waals surface area contributed by atoms with Gasteiger partial charge in [0.05, 0.1) is 6.07 Å². The van der Waals surface area contributed by atoms with E-state index in [1.54, 1.807) is 0 Å². The van der Waals surface area contributed by atoms with Crippen molar-refractivity contribution in [2.24, 2.45) is 0 Å². The van der Waals surface area contributed by atoms with Crippen molar-refractivity contribution in [2.45, 2.75) is 62.5 Å². The Morgan fingerprint density at radius 2 is 2.33 bits per heavy atom. The zero-order chi connectivity index (χ0) is 11.3. The van der Waals surface area contributed by atoms with Crippen molar-refractivity contribution >= 4 is 11.8 Å². The van der Waals surface area contributed by atoms with Crippen LogP contribution in [0.15, 0.2) is 0 Å². The van der Waals surface area contributed by atoms with E-state index in [9.17, 15) is 5.26 Å². The maximum atomic E-state index is 9.30. The number of hydrogen-bond acceptors (Lipinski definition) is 3. The van der Waals surface area contributed by atoms with Crippen LogP contribution >= 0.6 is 11.8 Å². The monoisotopic (exact) mass is 226 g/mol. The SMILES string of the molecule is CCNC1(C#N)CCCC(SC(C)C)C1. The summed E-state index contributed by atoms with van der Waals surface area (Å²) >= 11 is 2.03. The third-order valence-electron chi connectivity index (χ3n) is 2.90. The van der Waals surface area contributed by atoms with Crippen LogP contribution in [-0.2, 0) is 0 Å². The largest absolute Gasteiger partial charge is 0.300 e. The number of thioether (sulfide) groups is 1. The highest BCUT2D eigenvalue weighted by Crippen LogP contribution is 2.36. The third kappa shape index (κ3) is 3.70. The second kappa shape index (κ2) is 5.77. The van der Waals surface area contributed by atoms with Gasteiger partial charge in [-0.15, -0.1) is 0 Å². The van der Waals surface area contributed by atoms with Gasteiger partial charge >= 0.3 is 0 Å². The molecule has 1 aliphatic carbocycles. The Balaban J connectivity index is 2.57. The Hall–Kier alpha value is -0.200. The van der Waals surface area contributed by atoms with Gasteiger partial charge in [0.2, 0.25) is 0 Å². The van der Waals surface area contributed by atoms with Crippen LogP contribution in [0.25, 0.3) is 0 Å². The standard InChI is InChI=1S/C12H22N2S/c1-4-14-12(9-13)7-5-6-11(8-12)15-10(2)3/h10-11,14H,4-8H2,1-3H3. The Bertz CT molecular complexity index is 230. The fourth-order valence-corrected chi connectivity index (χ4v) is 3.82. The Kier molecular flexibility index (Phi) is 4.95. The number of nitrogens with one attached hydrogen (secondary N) is 1. The van der Waals surface area contributed by atoms with Gasteiger partial charge in [0, 0.05) is 5.25 Å². The van der Waals surface area contributed by atoms with E-state index in [0.29, 0.717) is 10.5 Å². The summed E-state index contributed by atoms with van der Waals surface area (Å²) in [6, 6.07) is 2.50. The molecule has 2 atom stereocenters. The second-order valence-electron chi connectivity index (χ2n) is 4.63. The first-order chi connectivity index (χ1) is 7.12. The van der Waals surface area contributed by atoms with Crippen molar-refractivity contribution in [3.05, 3.63) is 0 Å². The molecule has 0 aromatic heterocycles. The van der Waals surface area contributed by atoms with Gasteiger partial charge in [-0.2, -0.15) is 17.0 Å². The fraction of sp³-hybridized carbons (Fsp3) is 0.917. The molecule has 0 heterocycles. The van der Waals surface area contributed by atoms with Crippen LogP contribution in [0.1, 0.15) is 46.5 Å². The van der Waals surface area contributed by atoms with Crippen LogP contribution in [0.4, 0.5) is 0 Å². The molecule has 1 aliphatic rings.